The van der Waals surface area contributed by atoms with Crippen LogP contribution in [-0.2, 0) is 0 Å². The topological polar surface area (TPSA) is 18.5 Å². The maximum absolute atomic E-state index is 3.52. The number of hydrogen-bond acceptors (Lipinski definition) is 3. The van der Waals surface area contributed by atoms with Crippen molar-refractivity contribution < 1.29 is 0 Å². The van der Waals surface area contributed by atoms with Crippen LogP contribution in [0.5, 0.6) is 0 Å². The molecular weight excluding hydrogens is 222 g/mol. The Morgan fingerprint density at radius 3 is 2.33 bits per heavy atom. The highest BCUT2D eigenvalue weighted by atomic mass is 15.2. The monoisotopic (exact) mass is 255 g/mol. The zero-order valence-electron chi connectivity index (χ0n) is 13.1. The first-order chi connectivity index (χ1) is 8.54. The minimum atomic E-state index is 0.771. The van der Waals surface area contributed by atoms with E-state index < -0.39 is 0 Å². The Morgan fingerprint density at radius 2 is 1.89 bits per heavy atom. The minimum Gasteiger partial charge on any atom is -0.317 e. The summed E-state index contributed by atoms with van der Waals surface area (Å²) in [4.78, 5) is 5.03. The fourth-order valence-corrected chi connectivity index (χ4v) is 2.79. The van der Waals surface area contributed by atoms with Gasteiger partial charge in [0.25, 0.3) is 0 Å². The molecular formula is C15H33N3. The summed E-state index contributed by atoms with van der Waals surface area (Å²) in [7, 11) is 4.34. The van der Waals surface area contributed by atoms with E-state index in [0.717, 1.165) is 24.4 Å². The van der Waals surface area contributed by atoms with Gasteiger partial charge in [-0.2, -0.15) is 0 Å². The smallest absolute Gasteiger partial charge is 0.0136 e. The molecule has 1 aliphatic carbocycles. The van der Waals surface area contributed by atoms with Gasteiger partial charge in [-0.05, 0) is 51.9 Å². The number of likely N-dealkylation sites (N-methyl/N-ethyl adjacent to an activating group) is 1. The molecule has 2 atom stereocenters. The van der Waals surface area contributed by atoms with Crippen LogP contribution in [0.25, 0.3) is 0 Å². The second-order valence-electron chi connectivity index (χ2n) is 6.40. The molecule has 1 N–H and O–H groups in total. The first-order valence-electron chi connectivity index (χ1n) is 7.64. The van der Waals surface area contributed by atoms with Crippen LogP contribution in [0.4, 0.5) is 0 Å². The Labute approximate surface area is 114 Å². The molecule has 18 heavy (non-hydrogen) atoms. The van der Waals surface area contributed by atoms with Gasteiger partial charge in [-0.25, -0.2) is 0 Å². The van der Waals surface area contributed by atoms with E-state index in [1.807, 2.05) is 0 Å². The van der Waals surface area contributed by atoms with E-state index >= 15 is 0 Å². The molecule has 108 valence electrons. The van der Waals surface area contributed by atoms with Gasteiger partial charge in [0.2, 0.25) is 0 Å². The van der Waals surface area contributed by atoms with Crippen molar-refractivity contribution in [3.63, 3.8) is 0 Å². The summed E-state index contributed by atoms with van der Waals surface area (Å²) < 4.78 is 0. The molecule has 0 aliphatic heterocycles. The summed E-state index contributed by atoms with van der Waals surface area (Å²) in [5.41, 5.74) is 0. The predicted molar refractivity (Wildman–Crippen MR) is 80.0 cm³/mol. The first kappa shape index (κ1) is 15.9. The summed E-state index contributed by atoms with van der Waals surface area (Å²) in [5, 5.41) is 3.52. The molecule has 1 rings (SSSR count). The number of hydrogen-bond donors (Lipinski definition) is 1. The Balaban J connectivity index is 2.42. The number of rotatable bonds is 9. The van der Waals surface area contributed by atoms with Crippen LogP contribution >= 0.6 is 0 Å². The molecule has 1 fully saturated rings. The Kier molecular flexibility index (Phi) is 7.20. The lowest BCUT2D eigenvalue weighted by molar-refractivity contribution is 0.0480. The summed E-state index contributed by atoms with van der Waals surface area (Å²) in [5.74, 6) is 1.65. The van der Waals surface area contributed by atoms with Crippen LogP contribution in [-0.4, -0.2) is 62.7 Å². The van der Waals surface area contributed by atoms with E-state index in [4.69, 9.17) is 0 Å². The molecule has 1 saturated carbocycles. The van der Waals surface area contributed by atoms with Gasteiger partial charge in [0.1, 0.15) is 0 Å². The molecule has 0 aromatic heterocycles. The molecule has 3 nitrogen and oxygen atoms in total. The summed E-state index contributed by atoms with van der Waals surface area (Å²) in [6.07, 6.45) is 2.81. The molecule has 0 saturated heterocycles. The fourth-order valence-electron chi connectivity index (χ4n) is 2.79. The normalized spacial score (nSPS) is 24.0. The van der Waals surface area contributed by atoms with Crippen LogP contribution in [0.2, 0.25) is 0 Å². The van der Waals surface area contributed by atoms with Crippen LogP contribution in [0.15, 0.2) is 0 Å². The van der Waals surface area contributed by atoms with Crippen molar-refractivity contribution in [1.29, 1.82) is 0 Å². The Bertz CT molecular complexity index is 216. The molecule has 0 amide bonds. The molecule has 0 radical (unpaired) electrons. The second kappa shape index (κ2) is 8.13. The van der Waals surface area contributed by atoms with Crippen LogP contribution < -0.4 is 5.32 Å². The van der Waals surface area contributed by atoms with E-state index in [1.165, 1.54) is 39.0 Å². The highest BCUT2D eigenvalue weighted by Gasteiger charge is 2.34. The second-order valence-corrected chi connectivity index (χ2v) is 6.40. The SMILES string of the molecule is CCNCC1CCC1N(CCN(C)C)CC(C)C. The van der Waals surface area contributed by atoms with Crippen molar-refractivity contribution in [2.45, 2.75) is 39.7 Å². The summed E-state index contributed by atoms with van der Waals surface area (Å²) in [6.45, 7) is 12.8. The zero-order chi connectivity index (χ0) is 13.5. The first-order valence-corrected chi connectivity index (χ1v) is 7.64. The third-order valence-electron chi connectivity index (χ3n) is 3.94. The third-order valence-corrected chi connectivity index (χ3v) is 3.94. The number of nitrogens with zero attached hydrogens (tertiary/aromatic N) is 2. The lowest BCUT2D eigenvalue weighted by Crippen LogP contribution is -2.53. The van der Waals surface area contributed by atoms with E-state index in [-0.39, 0.29) is 0 Å². The van der Waals surface area contributed by atoms with Crippen molar-refractivity contribution in [2.75, 3.05) is 46.8 Å². The van der Waals surface area contributed by atoms with Gasteiger partial charge in [-0.15, -0.1) is 0 Å². The van der Waals surface area contributed by atoms with E-state index in [1.54, 1.807) is 0 Å². The van der Waals surface area contributed by atoms with Crippen LogP contribution in [0.1, 0.15) is 33.6 Å². The zero-order valence-corrected chi connectivity index (χ0v) is 13.1. The standard InChI is InChI=1S/C15H33N3/c1-6-16-11-14-7-8-15(14)18(12-13(2)3)10-9-17(4)5/h13-16H,6-12H2,1-5H3. The van der Waals surface area contributed by atoms with Crippen molar-refractivity contribution in [1.82, 2.24) is 15.1 Å². The Morgan fingerprint density at radius 1 is 1.17 bits per heavy atom. The van der Waals surface area contributed by atoms with Gasteiger partial charge in [0.15, 0.2) is 0 Å². The molecule has 1 aliphatic rings. The van der Waals surface area contributed by atoms with Gasteiger partial charge in [-0.1, -0.05) is 20.8 Å². The summed E-state index contributed by atoms with van der Waals surface area (Å²) in [6, 6.07) is 0.825. The molecule has 3 heteroatoms. The molecule has 0 bridgehead atoms. The van der Waals surface area contributed by atoms with Crippen LogP contribution in [0, 0.1) is 11.8 Å². The lowest BCUT2D eigenvalue weighted by Gasteiger charge is -2.45. The van der Waals surface area contributed by atoms with E-state index in [9.17, 15) is 0 Å². The van der Waals surface area contributed by atoms with E-state index in [0.29, 0.717) is 0 Å². The largest absolute Gasteiger partial charge is 0.317 e. The van der Waals surface area contributed by atoms with Crippen molar-refractivity contribution in [3.05, 3.63) is 0 Å². The Hall–Kier alpha value is -0.120. The van der Waals surface area contributed by atoms with Gasteiger partial charge >= 0.3 is 0 Å². The molecule has 0 heterocycles. The predicted octanol–water partition coefficient (Wildman–Crippen LogP) is 1.89. The maximum atomic E-state index is 3.52. The van der Waals surface area contributed by atoms with Crippen LogP contribution in [0.3, 0.4) is 0 Å². The maximum Gasteiger partial charge on any atom is 0.0136 e. The average molecular weight is 255 g/mol. The molecule has 0 aromatic carbocycles. The van der Waals surface area contributed by atoms with Gasteiger partial charge in [0.05, 0.1) is 0 Å². The molecule has 0 aromatic rings. The fraction of sp³-hybridized carbons (Fsp3) is 1.00. The molecule has 0 spiro atoms. The van der Waals surface area contributed by atoms with Crippen molar-refractivity contribution in [3.8, 4) is 0 Å². The van der Waals surface area contributed by atoms with Gasteiger partial charge in [0, 0.05) is 25.7 Å². The van der Waals surface area contributed by atoms with E-state index in [2.05, 4.69) is 50.0 Å². The van der Waals surface area contributed by atoms with Crippen molar-refractivity contribution in [2.24, 2.45) is 11.8 Å². The molecule has 2 unspecified atom stereocenters. The van der Waals surface area contributed by atoms with Gasteiger partial charge in [-0.3, -0.25) is 4.90 Å². The van der Waals surface area contributed by atoms with Gasteiger partial charge < -0.3 is 10.2 Å². The third kappa shape index (κ3) is 5.25. The highest BCUT2D eigenvalue weighted by Crippen LogP contribution is 2.32. The summed E-state index contributed by atoms with van der Waals surface area (Å²) >= 11 is 0. The lowest BCUT2D eigenvalue weighted by atomic mass is 9.78. The highest BCUT2D eigenvalue weighted by molar-refractivity contribution is 4.90. The quantitative estimate of drug-likeness (QED) is 0.679. The minimum absolute atomic E-state index is 0.771. The average Bonchev–Trinajstić information content (AvgIpc) is 2.24. The van der Waals surface area contributed by atoms with Crippen molar-refractivity contribution >= 4 is 0 Å². The number of nitrogens with one attached hydrogen (secondary N) is 1.